The highest BCUT2D eigenvalue weighted by Crippen LogP contribution is 2.29. The third-order valence-corrected chi connectivity index (χ3v) is 6.87. The van der Waals surface area contributed by atoms with Gasteiger partial charge < -0.3 is 13.9 Å². The van der Waals surface area contributed by atoms with E-state index in [-0.39, 0.29) is 36.0 Å². The third kappa shape index (κ3) is 8.46. The van der Waals surface area contributed by atoms with E-state index in [9.17, 15) is 10.1 Å². The van der Waals surface area contributed by atoms with Gasteiger partial charge in [-0.25, -0.2) is 5.43 Å². The van der Waals surface area contributed by atoms with Gasteiger partial charge in [-0.05, 0) is 64.0 Å². The Morgan fingerprint density at radius 1 is 1.10 bits per heavy atom. The molecule has 0 aliphatic heterocycles. The molecule has 0 spiro atoms. The standard InChI is InChI=1S/C26H18BrCl2N5O4S/c27-20-9-16(5-7-22(20)36-13-18-4-2-1-3-17(18)11-30)12-31-32-24(35)15-39-26-34-33-25(38-26)14-37-23-8-6-19(28)10-21(23)29/h1-10,12H,13-15H2,(H,32,35)/b31-12-. The number of nitrogens with one attached hydrogen (secondary N) is 1. The topological polar surface area (TPSA) is 123 Å². The smallest absolute Gasteiger partial charge is 0.277 e. The molecule has 0 fully saturated rings. The first-order valence-electron chi connectivity index (χ1n) is 11.2. The van der Waals surface area contributed by atoms with Crippen LogP contribution in [0.2, 0.25) is 10.0 Å². The molecular weight excluding hydrogens is 629 g/mol. The van der Waals surface area contributed by atoms with Crippen molar-refractivity contribution in [1.82, 2.24) is 15.6 Å². The first-order valence-corrected chi connectivity index (χ1v) is 13.7. The predicted octanol–water partition coefficient (Wildman–Crippen LogP) is 6.41. The Bertz CT molecular complexity index is 1540. The van der Waals surface area contributed by atoms with Crippen LogP contribution in [-0.2, 0) is 18.0 Å². The largest absolute Gasteiger partial charge is 0.488 e. The van der Waals surface area contributed by atoms with Crippen LogP contribution in [-0.4, -0.2) is 28.1 Å². The maximum absolute atomic E-state index is 12.1. The number of carbonyl (C=O) groups excluding carboxylic acids is 1. The van der Waals surface area contributed by atoms with E-state index in [0.29, 0.717) is 31.6 Å². The number of nitriles is 1. The van der Waals surface area contributed by atoms with Gasteiger partial charge in [-0.2, -0.15) is 10.4 Å². The van der Waals surface area contributed by atoms with Crippen LogP contribution in [0.25, 0.3) is 0 Å². The van der Waals surface area contributed by atoms with Crippen molar-refractivity contribution in [2.45, 2.75) is 18.4 Å². The summed E-state index contributed by atoms with van der Waals surface area (Å²) in [5.41, 5.74) is 4.56. The lowest BCUT2D eigenvalue weighted by molar-refractivity contribution is -0.118. The summed E-state index contributed by atoms with van der Waals surface area (Å²) >= 11 is 16.5. The molecule has 9 nitrogen and oxygen atoms in total. The summed E-state index contributed by atoms with van der Waals surface area (Å²) in [5, 5.41) is 22.0. The Labute approximate surface area is 246 Å². The maximum Gasteiger partial charge on any atom is 0.277 e. The maximum atomic E-state index is 12.1. The molecule has 0 aliphatic rings. The fourth-order valence-corrected chi connectivity index (χ4v) is 4.60. The number of rotatable bonds is 11. The second-order valence-corrected chi connectivity index (χ2v) is 10.3. The van der Waals surface area contributed by atoms with Crippen molar-refractivity contribution >= 4 is 63.0 Å². The number of carbonyl (C=O) groups is 1. The SMILES string of the molecule is N#Cc1ccccc1COc1ccc(/C=N\NC(=O)CSc2nnc(COc3ccc(Cl)cc3Cl)o2)cc1Br. The minimum atomic E-state index is -0.352. The molecule has 1 heterocycles. The summed E-state index contributed by atoms with van der Waals surface area (Å²) in [4.78, 5) is 12.1. The van der Waals surface area contributed by atoms with Crippen LogP contribution in [0.4, 0.5) is 0 Å². The van der Waals surface area contributed by atoms with Crippen LogP contribution in [0.5, 0.6) is 11.5 Å². The Morgan fingerprint density at radius 2 is 1.90 bits per heavy atom. The van der Waals surface area contributed by atoms with E-state index in [1.807, 2.05) is 18.2 Å². The van der Waals surface area contributed by atoms with E-state index < -0.39 is 0 Å². The van der Waals surface area contributed by atoms with Gasteiger partial charge in [0.05, 0.1) is 33.1 Å². The molecule has 1 aromatic heterocycles. The van der Waals surface area contributed by atoms with Crippen LogP contribution in [0.15, 0.2) is 79.9 Å². The molecule has 4 aromatic rings. The average molecular weight is 647 g/mol. The highest BCUT2D eigenvalue weighted by Gasteiger charge is 2.11. The second-order valence-electron chi connectivity index (χ2n) is 7.65. The van der Waals surface area contributed by atoms with E-state index >= 15 is 0 Å². The number of thioether (sulfide) groups is 1. The van der Waals surface area contributed by atoms with Gasteiger partial charge in [-0.1, -0.05) is 53.2 Å². The molecule has 1 N–H and O–H groups in total. The van der Waals surface area contributed by atoms with Crippen molar-refractivity contribution < 1.29 is 18.7 Å². The van der Waals surface area contributed by atoms with Gasteiger partial charge in [-0.15, -0.1) is 10.2 Å². The molecule has 13 heteroatoms. The van der Waals surface area contributed by atoms with Gasteiger partial charge in [0.2, 0.25) is 0 Å². The fourth-order valence-electron chi connectivity index (χ4n) is 3.05. The molecule has 198 valence electrons. The molecule has 0 atom stereocenters. The molecule has 0 aliphatic carbocycles. The molecule has 0 saturated heterocycles. The first-order chi connectivity index (χ1) is 18.9. The molecule has 39 heavy (non-hydrogen) atoms. The van der Waals surface area contributed by atoms with Gasteiger partial charge >= 0.3 is 0 Å². The number of benzene rings is 3. The lowest BCUT2D eigenvalue weighted by Crippen LogP contribution is -2.19. The normalized spacial score (nSPS) is 10.8. The molecule has 4 rings (SSSR count). The van der Waals surface area contributed by atoms with Crippen molar-refractivity contribution in [3.8, 4) is 17.6 Å². The highest BCUT2D eigenvalue weighted by molar-refractivity contribution is 9.10. The third-order valence-electron chi connectivity index (χ3n) is 4.90. The molecule has 0 radical (unpaired) electrons. The number of hydrogen-bond acceptors (Lipinski definition) is 9. The lowest BCUT2D eigenvalue weighted by atomic mass is 10.1. The zero-order valence-electron chi connectivity index (χ0n) is 19.9. The van der Waals surface area contributed by atoms with Gasteiger partial charge in [0.15, 0.2) is 6.61 Å². The number of ether oxygens (including phenoxy) is 2. The van der Waals surface area contributed by atoms with Crippen molar-refractivity contribution in [2.24, 2.45) is 5.10 Å². The Morgan fingerprint density at radius 3 is 2.69 bits per heavy atom. The number of aromatic nitrogens is 2. The lowest BCUT2D eigenvalue weighted by Gasteiger charge is -2.09. The Hall–Kier alpha value is -3.56. The van der Waals surface area contributed by atoms with E-state index in [0.717, 1.165) is 22.9 Å². The molecule has 3 aromatic carbocycles. The van der Waals surface area contributed by atoms with E-state index in [4.69, 9.17) is 37.1 Å². The second kappa shape index (κ2) is 14.0. The summed E-state index contributed by atoms with van der Waals surface area (Å²) in [6.45, 7) is 0.271. The van der Waals surface area contributed by atoms with Crippen LogP contribution < -0.4 is 14.9 Å². The first kappa shape index (κ1) is 28.4. The summed E-state index contributed by atoms with van der Waals surface area (Å²) < 4.78 is 17.6. The van der Waals surface area contributed by atoms with Gasteiger partial charge in [0.1, 0.15) is 18.1 Å². The van der Waals surface area contributed by atoms with E-state index in [1.54, 1.807) is 42.5 Å². The monoisotopic (exact) mass is 645 g/mol. The Balaban J connectivity index is 1.21. The van der Waals surface area contributed by atoms with Gasteiger partial charge in [-0.3, -0.25) is 4.79 Å². The minimum Gasteiger partial charge on any atom is -0.488 e. The van der Waals surface area contributed by atoms with Crippen molar-refractivity contribution in [3.63, 3.8) is 0 Å². The minimum absolute atomic E-state index is 0.0119. The summed E-state index contributed by atoms with van der Waals surface area (Å²) in [5.74, 6) is 0.940. The van der Waals surface area contributed by atoms with Crippen molar-refractivity contribution in [2.75, 3.05) is 5.75 Å². The average Bonchev–Trinajstić information content (AvgIpc) is 3.39. The van der Waals surface area contributed by atoms with Crippen LogP contribution in [0.3, 0.4) is 0 Å². The zero-order chi connectivity index (χ0) is 27.6. The van der Waals surface area contributed by atoms with Crippen molar-refractivity contribution in [1.29, 1.82) is 5.26 Å². The number of hydrazone groups is 1. The van der Waals surface area contributed by atoms with Crippen LogP contribution >= 0.6 is 50.9 Å². The van der Waals surface area contributed by atoms with Crippen LogP contribution in [0.1, 0.15) is 22.6 Å². The number of nitrogens with zero attached hydrogens (tertiary/aromatic N) is 4. The van der Waals surface area contributed by atoms with Gasteiger partial charge in [0.25, 0.3) is 17.0 Å². The molecule has 0 bridgehead atoms. The Kier molecular flexibility index (Phi) is 10.2. The molecule has 0 unspecified atom stereocenters. The van der Waals surface area contributed by atoms with Crippen molar-refractivity contribution in [3.05, 3.63) is 97.8 Å². The summed E-state index contributed by atoms with van der Waals surface area (Å²) in [6.07, 6.45) is 1.51. The van der Waals surface area contributed by atoms with Crippen LogP contribution in [0, 0.1) is 11.3 Å². The predicted molar refractivity (Wildman–Crippen MR) is 151 cm³/mol. The summed E-state index contributed by atoms with van der Waals surface area (Å²) in [7, 11) is 0. The molecule has 0 saturated carbocycles. The number of halogens is 3. The van der Waals surface area contributed by atoms with Gasteiger partial charge in [0, 0.05) is 10.6 Å². The van der Waals surface area contributed by atoms with E-state index in [2.05, 4.69) is 42.7 Å². The quantitative estimate of drug-likeness (QED) is 0.113. The highest BCUT2D eigenvalue weighted by atomic mass is 79.9. The number of amides is 1. The zero-order valence-corrected chi connectivity index (χ0v) is 23.9. The fraction of sp³-hybridized carbons (Fsp3) is 0.115. The summed E-state index contributed by atoms with van der Waals surface area (Å²) in [6, 6.07) is 19.6. The van der Waals surface area contributed by atoms with E-state index in [1.165, 1.54) is 6.21 Å². The molecule has 1 amide bonds. The number of hydrogen-bond donors (Lipinski definition) is 1. The molecular formula is C26H18BrCl2N5O4S.